The second kappa shape index (κ2) is 2.85. The lowest BCUT2D eigenvalue weighted by molar-refractivity contribution is 0.0683. The largest absolute Gasteiger partial charge is 0.477 e. The zero-order chi connectivity index (χ0) is 9.42. The minimum atomic E-state index is -0.891. The van der Waals surface area contributed by atoms with Gasteiger partial charge in [0.2, 0.25) is 0 Å². The molecule has 2 heterocycles. The molecule has 5 heteroatoms. The first-order valence-electron chi connectivity index (χ1n) is 4.20. The predicted molar refractivity (Wildman–Crippen MR) is 45.6 cm³/mol. The fourth-order valence-corrected chi connectivity index (χ4v) is 1.67. The number of aromatic nitrogens is 2. The van der Waals surface area contributed by atoms with Crippen molar-refractivity contribution in [2.45, 2.75) is 20.0 Å². The van der Waals surface area contributed by atoms with Gasteiger partial charge in [-0.2, -0.15) is 0 Å². The predicted octanol–water partition coefficient (Wildman–Crippen LogP) is -0.00708. The van der Waals surface area contributed by atoms with Crippen LogP contribution in [-0.4, -0.2) is 27.2 Å². The summed E-state index contributed by atoms with van der Waals surface area (Å²) in [6.45, 7) is 3.89. The summed E-state index contributed by atoms with van der Waals surface area (Å²) in [6, 6.07) is 0. The fraction of sp³-hybridized carbons (Fsp3) is 0.500. The van der Waals surface area contributed by atoms with Gasteiger partial charge in [0, 0.05) is 13.1 Å². The van der Waals surface area contributed by atoms with Gasteiger partial charge in [-0.25, -0.2) is 9.78 Å². The van der Waals surface area contributed by atoms with Crippen LogP contribution in [0.1, 0.15) is 22.0 Å². The van der Waals surface area contributed by atoms with Gasteiger partial charge in [0.25, 0.3) is 0 Å². The zero-order valence-corrected chi connectivity index (χ0v) is 7.37. The molecule has 2 N–H and O–H groups in total. The number of hydrogen-bond acceptors (Lipinski definition) is 3. The summed E-state index contributed by atoms with van der Waals surface area (Å²) in [7, 11) is 0. The number of carbonyl (C=O) groups is 1. The van der Waals surface area contributed by atoms with Gasteiger partial charge in [-0.05, 0) is 6.92 Å². The van der Waals surface area contributed by atoms with Crippen molar-refractivity contribution >= 4 is 5.97 Å². The van der Waals surface area contributed by atoms with Crippen molar-refractivity contribution in [2.75, 3.05) is 6.54 Å². The number of aryl methyl sites for hydroxylation is 1. The molecule has 0 spiro atoms. The summed E-state index contributed by atoms with van der Waals surface area (Å²) in [6.07, 6.45) is 0. The molecule has 1 aromatic heterocycles. The molecule has 1 aromatic rings. The Morgan fingerprint density at radius 3 is 3.15 bits per heavy atom. The average Bonchev–Trinajstić information content (AvgIpc) is 2.39. The SMILES string of the molecule is Cc1nc2n(c1C(=O)O)CCNC2. The number of nitrogens with zero attached hydrogens (tertiary/aromatic N) is 2. The monoisotopic (exact) mass is 181 g/mol. The van der Waals surface area contributed by atoms with Gasteiger partial charge in [0.15, 0.2) is 0 Å². The van der Waals surface area contributed by atoms with Gasteiger partial charge >= 0.3 is 5.97 Å². The van der Waals surface area contributed by atoms with E-state index in [0.717, 1.165) is 12.4 Å². The molecule has 5 nitrogen and oxygen atoms in total. The van der Waals surface area contributed by atoms with Crippen molar-refractivity contribution in [3.05, 3.63) is 17.2 Å². The maximum absolute atomic E-state index is 10.9. The van der Waals surface area contributed by atoms with Gasteiger partial charge in [0.1, 0.15) is 11.5 Å². The third-order valence-corrected chi connectivity index (χ3v) is 2.22. The van der Waals surface area contributed by atoms with Crippen LogP contribution in [0.2, 0.25) is 0 Å². The van der Waals surface area contributed by atoms with Crippen LogP contribution in [0.25, 0.3) is 0 Å². The van der Waals surface area contributed by atoms with Crippen LogP contribution in [0, 0.1) is 6.92 Å². The topological polar surface area (TPSA) is 67.2 Å². The van der Waals surface area contributed by atoms with Crippen LogP contribution in [0.15, 0.2) is 0 Å². The molecule has 0 amide bonds. The maximum atomic E-state index is 10.9. The Labute approximate surface area is 75.4 Å². The lowest BCUT2D eigenvalue weighted by Crippen LogP contribution is -2.29. The molecule has 0 unspecified atom stereocenters. The highest BCUT2D eigenvalue weighted by Gasteiger charge is 2.21. The lowest BCUT2D eigenvalue weighted by atomic mass is 10.3. The van der Waals surface area contributed by atoms with Crippen LogP contribution < -0.4 is 5.32 Å². The molecule has 2 rings (SSSR count). The smallest absolute Gasteiger partial charge is 0.354 e. The molecular formula is C8H11N3O2. The minimum Gasteiger partial charge on any atom is -0.477 e. The molecule has 0 fully saturated rings. The first-order chi connectivity index (χ1) is 6.20. The van der Waals surface area contributed by atoms with E-state index in [1.54, 1.807) is 11.5 Å². The van der Waals surface area contributed by atoms with Crippen LogP contribution >= 0.6 is 0 Å². The Hall–Kier alpha value is -1.36. The molecule has 0 saturated carbocycles. The molecule has 0 saturated heterocycles. The highest BCUT2D eigenvalue weighted by molar-refractivity contribution is 5.87. The van der Waals surface area contributed by atoms with Gasteiger partial charge in [-0.15, -0.1) is 0 Å². The van der Waals surface area contributed by atoms with Gasteiger partial charge in [-0.3, -0.25) is 0 Å². The van der Waals surface area contributed by atoms with E-state index in [4.69, 9.17) is 5.11 Å². The summed E-state index contributed by atoms with van der Waals surface area (Å²) >= 11 is 0. The minimum absolute atomic E-state index is 0.330. The van der Waals surface area contributed by atoms with E-state index in [-0.39, 0.29) is 0 Å². The van der Waals surface area contributed by atoms with Crippen LogP contribution in [0.5, 0.6) is 0 Å². The van der Waals surface area contributed by atoms with Crippen LogP contribution in [0.4, 0.5) is 0 Å². The third-order valence-electron chi connectivity index (χ3n) is 2.22. The van der Waals surface area contributed by atoms with Crippen molar-refractivity contribution in [3.8, 4) is 0 Å². The van der Waals surface area contributed by atoms with Crippen LogP contribution in [-0.2, 0) is 13.1 Å². The van der Waals surface area contributed by atoms with Crippen molar-refractivity contribution in [3.63, 3.8) is 0 Å². The molecule has 1 aliphatic rings. The highest BCUT2D eigenvalue weighted by Crippen LogP contribution is 2.13. The Kier molecular flexibility index (Phi) is 1.81. The van der Waals surface area contributed by atoms with Crippen molar-refractivity contribution in [1.82, 2.24) is 14.9 Å². The molecule has 0 radical (unpaired) electrons. The van der Waals surface area contributed by atoms with Crippen LogP contribution in [0.3, 0.4) is 0 Å². The molecule has 0 bridgehead atoms. The fourth-order valence-electron chi connectivity index (χ4n) is 1.67. The number of aromatic carboxylic acids is 1. The number of carboxylic acid groups (broad SMARTS) is 1. The first kappa shape index (κ1) is 8.25. The molecule has 70 valence electrons. The number of nitrogens with one attached hydrogen (secondary N) is 1. The Morgan fingerprint density at radius 1 is 1.69 bits per heavy atom. The van der Waals surface area contributed by atoms with Crippen molar-refractivity contribution in [1.29, 1.82) is 0 Å². The van der Waals surface area contributed by atoms with Gasteiger partial charge in [0.05, 0.1) is 12.2 Å². The van der Waals surface area contributed by atoms with E-state index in [1.165, 1.54) is 0 Å². The number of hydrogen-bond donors (Lipinski definition) is 2. The normalized spacial score (nSPS) is 15.5. The molecule has 13 heavy (non-hydrogen) atoms. The van der Waals surface area contributed by atoms with E-state index in [0.29, 0.717) is 24.5 Å². The molecule has 0 aliphatic carbocycles. The molecule has 0 atom stereocenters. The van der Waals surface area contributed by atoms with E-state index in [1.807, 2.05) is 0 Å². The van der Waals surface area contributed by atoms with E-state index in [9.17, 15) is 4.79 Å². The Morgan fingerprint density at radius 2 is 2.46 bits per heavy atom. The summed E-state index contributed by atoms with van der Waals surface area (Å²) in [4.78, 5) is 15.1. The third kappa shape index (κ3) is 1.21. The summed E-state index contributed by atoms with van der Waals surface area (Å²) in [5.74, 6) is -0.0701. The van der Waals surface area contributed by atoms with Crippen molar-refractivity contribution in [2.24, 2.45) is 0 Å². The number of carboxylic acids is 1. The Bertz CT molecular complexity index is 357. The maximum Gasteiger partial charge on any atom is 0.354 e. The van der Waals surface area contributed by atoms with Gasteiger partial charge < -0.3 is 15.0 Å². The summed E-state index contributed by atoms with van der Waals surface area (Å²) in [5, 5.41) is 12.1. The lowest BCUT2D eigenvalue weighted by Gasteiger charge is -2.15. The number of rotatable bonds is 1. The summed E-state index contributed by atoms with van der Waals surface area (Å²) < 4.78 is 1.77. The summed E-state index contributed by atoms with van der Waals surface area (Å²) in [5.41, 5.74) is 0.933. The van der Waals surface area contributed by atoms with E-state index < -0.39 is 5.97 Å². The zero-order valence-electron chi connectivity index (χ0n) is 7.37. The quantitative estimate of drug-likeness (QED) is 0.639. The van der Waals surface area contributed by atoms with E-state index >= 15 is 0 Å². The van der Waals surface area contributed by atoms with E-state index in [2.05, 4.69) is 10.3 Å². The average molecular weight is 181 g/mol. The Balaban J connectivity index is 2.54. The number of fused-ring (bicyclic) bond motifs is 1. The molecule has 1 aliphatic heterocycles. The molecule has 0 aromatic carbocycles. The first-order valence-corrected chi connectivity index (χ1v) is 4.20. The second-order valence-electron chi connectivity index (χ2n) is 3.10. The van der Waals surface area contributed by atoms with Crippen molar-refractivity contribution < 1.29 is 9.90 Å². The second-order valence-corrected chi connectivity index (χ2v) is 3.10. The van der Waals surface area contributed by atoms with Gasteiger partial charge in [-0.1, -0.05) is 0 Å². The highest BCUT2D eigenvalue weighted by atomic mass is 16.4. The number of imidazole rings is 1. The molecular weight excluding hydrogens is 170 g/mol. The standard InChI is InChI=1S/C8H11N3O2/c1-5-7(8(12)13)11-3-2-9-4-6(11)10-5/h9H,2-4H2,1H3,(H,12,13).